The summed E-state index contributed by atoms with van der Waals surface area (Å²) in [6.07, 6.45) is 6.65. The number of sulfonamides is 1. The summed E-state index contributed by atoms with van der Waals surface area (Å²) < 4.78 is 28.2. The molecule has 0 amide bonds. The molecular formula is C17H26N2O2S. The van der Waals surface area contributed by atoms with Crippen molar-refractivity contribution in [2.45, 2.75) is 56.4 Å². The standard InChI is InChI=1S/C17H26N2O2S/c1-13(16-7-4-10-18-12-16)19-22(20,21)17-9-8-14-5-2-3-6-15(14)11-17/h8-9,11,13,16,18-19H,2-7,10,12H2,1H3. The van der Waals surface area contributed by atoms with Gasteiger partial charge >= 0.3 is 0 Å². The third-order valence-electron chi connectivity index (χ3n) is 5.01. The van der Waals surface area contributed by atoms with Gasteiger partial charge in [-0.15, -0.1) is 0 Å². The molecule has 1 aliphatic heterocycles. The Morgan fingerprint density at radius 2 is 1.95 bits per heavy atom. The molecule has 2 atom stereocenters. The van der Waals surface area contributed by atoms with Crippen molar-refractivity contribution < 1.29 is 8.42 Å². The van der Waals surface area contributed by atoms with Crippen molar-refractivity contribution in [2.75, 3.05) is 13.1 Å². The van der Waals surface area contributed by atoms with Gasteiger partial charge in [0.05, 0.1) is 4.90 Å². The van der Waals surface area contributed by atoms with E-state index >= 15 is 0 Å². The largest absolute Gasteiger partial charge is 0.316 e. The van der Waals surface area contributed by atoms with E-state index in [-0.39, 0.29) is 6.04 Å². The molecule has 1 saturated heterocycles. The van der Waals surface area contributed by atoms with Gasteiger partial charge in [-0.2, -0.15) is 0 Å². The zero-order valence-corrected chi connectivity index (χ0v) is 14.1. The van der Waals surface area contributed by atoms with E-state index in [2.05, 4.69) is 10.0 Å². The minimum Gasteiger partial charge on any atom is -0.316 e. The van der Waals surface area contributed by atoms with E-state index < -0.39 is 10.0 Å². The summed E-state index contributed by atoms with van der Waals surface area (Å²) in [5, 5.41) is 3.35. The molecule has 0 aromatic heterocycles. The molecule has 1 aliphatic carbocycles. The summed E-state index contributed by atoms with van der Waals surface area (Å²) in [4.78, 5) is 0.420. The van der Waals surface area contributed by atoms with Crippen molar-refractivity contribution in [1.29, 1.82) is 0 Å². The molecule has 1 aromatic rings. The Morgan fingerprint density at radius 1 is 1.18 bits per heavy atom. The molecule has 5 heteroatoms. The summed E-state index contributed by atoms with van der Waals surface area (Å²) in [5.74, 6) is 0.376. The van der Waals surface area contributed by atoms with E-state index in [0.29, 0.717) is 10.8 Å². The van der Waals surface area contributed by atoms with E-state index in [9.17, 15) is 8.42 Å². The topological polar surface area (TPSA) is 58.2 Å². The monoisotopic (exact) mass is 322 g/mol. The SMILES string of the molecule is CC(NS(=O)(=O)c1ccc2c(c1)CCCC2)C1CCCNC1. The van der Waals surface area contributed by atoms with Gasteiger partial charge in [-0.3, -0.25) is 0 Å². The smallest absolute Gasteiger partial charge is 0.240 e. The van der Waals surface area contributed by atoms with Crippen LogP contribution in [0.4, 0.5) is 0 Å². The van der Waals surface area contributed by atoms with E-state index in [1.54, 1.807) is 6.07 Å². The van der Waals surface area contributed by atoms with Crippen LogP contribution in [-0.4, -0.2) is 27.5 Å². The number of fused-ring (bicyclic) bond motifs is 1. The molecular weight excluding hydrogens is 296 g/mol. The molecule has 2 N–H and O–H groups in total. The summed E-state index contributed by atoms with van der Waals surface area (Å²) >= 11 is 0. The number of nitrogens with one attached hydrogen (secondary N) is 2. The highest BCUT2D eigenvalue weighted by atomic mass is 32.2. The molecule has 2 aliphatic rings. The minimum atomic E-state index is -3.42. The molecule has 0 bridgehead atoms. The highest BCUT2D eigenvalue weighted by Crippen LogP contribution is 2.24. The normalized spacial score (nSPS) is 23.8. The number of hydrogen-bond donors (Lipinski definition) is 2. The van der Waals surface area contributed by atoms with Crippen LogP contribution in [0.5, 0.6) is 0 Å². The predicted octanol–water partition coefficient (Wildman–Crippen LogP) is 2.23. The Labute approximate surface area is 133 Å². The summed E-state index contributed by atoms with van der Waals surface area (Å²) in [6.45, 7) is 3.92. The summed E-state index contributed by atoms with van der Waals surface area (Å²) in [6, 6.07) is 5.60. The van der Waals surface area contributed by atoms with Crippen LogP contribution in [0.3, 0.4) is 0 Å². The van der Waals surface area contributed by atoms with Crippen molar-refractivity contribution in [3.63, 3.8) is 0 Å². The molecule has 0 radical (unpaired) electrons. The predicted molar refractivity (Wildman–Crippen MR) is 88.5 cm³/mol. The van der Waals surface area contributed by atoms with E-state index in [0.717, 1.165) is 45.2 Å². The van der Waals surface area contributed by atoms with Crippen LogP contribution < -0.4 is 10.0 Å². The Bertz CT molecular complexity index is 622. The summed E-state index contributed by atoms with van der Waals surface area (Å²) in [7, 11) is -3.42. The first-order valence-electron chi connectivity index (χ1n) is 8.41. The fraction of sp³-hybridized carbons (Fsp3) is 0.647. The molecule has 122 valence electrons. The number of benzene rings is 1. The third-order valence-corrected chi connectivity index (χ3v) is 6.57. The van der Waals surface area contributed by atoms with Crippen LogP contribution in [0.15, 0.2) is 23.1 Å². The van der Waals surface area contributed by atoms with Gasteiger partial charge in [0.15, 0.2) is 0 Å². The second-order valence-electron chi connectivity index (χ2n) is 6.65. The first-order chi connectivity index (χ1) is 10.6. The van der Waals surface area contributed by atoms with E-state index in [1.807, 2.05) is 19.1 Å². The van der Waals surface area contributed by atoms with Crippen LogP contribution in [0.2, 0.25) is 0 Å². The van der Waals surface area contributed by atoms with Crippen molar-refractivity contribution in [3.8, 4) is 0 Å². The van der Waals surface area contributed by atoms with E-state index in [4.69, 9.17) is 0 Å². The minimum absolute atomic E-state index is 0.0335. The number of aryl methyl sites for hydroxylation is 2. The highest BCUT2D eigenvalue weighted by Gasteiger charge is 2.25. The van der Waals surface area contributed by atoms with Gasteiger partial charge in [-0.05, 0) is 87.7 Å². The lowest BCUT2D eigenvalue weighted by atomic mass is 9.92. The molecule has 0 saturated carbocycles. The molecule has 1 heterocycles. The van der Waals surface area contributed by atoms with Gasteiger partial charge < -0.3 is 5.32 Å². The lowest BCUT2D eigenvalue weighted by Crippen LogP contribution is -2.44. The lowest BCUT2D eigenvalue weighted by Gasteiger charge is -2.29. The average molecular weight is 322 g/mol. The number of piperidine rings is 1. The van der Waals surface area contributed by atoms with Crippen LogP contribution in [0, 0.1) is 5.92 Å². The van der Waals surface area contributed by atoms with Crippen molar-refractivity contribution in [1.82, 2.24) is 10.0 Å². The van der Waals surface area contributed by atoms with Crippen LogP contribution in [0.25, 0.3) is 0 Å². The van der Waals surface area contributed by atoms with Crippen LogP contribution >= 0.6 is 0 Å². The van der Waals surface area contributed by atoms with Gasteiger partial charge in [0.25, 0.3) is 0 Å². The third kappa shape index (κ3) is 3.53. The maximum atomic E-state index is 12.6. The van der Waals surface area contributed by atoms with Crippen molar-refractivity contribution >= 4 is 10.0 Å². The van der Waals surface area contributed by atoms with Gasteiger partial charge in [-0.1, -0.05) is 6.07 Å². The first-order valence-corrected chi connectivity index (χ1v) is 9.89. The Balaban J connectivity index is 1.74. The molecule has 3 rings (SSSR count). The Hall–Kier alpha value is -0.910. The second-order valence-corrected chi connectivity index (χ2v) is 8.37. The maximum Gasteiger partial charge on any atom is 0.240 e. The lowest BCUT2D eigenvalue weighted by molar-refractivity contribution is 0.320. The van der Waals surface area contributed by atoms with Crippen molar-refractivity contribution in [2.24, 2.45) is 5.92 Å². The van der Waals surface area contributed by atoms with Gasteiger partial charge in [0, 0.05) is 6.04 Å². The maximum absolute atomic E-state index is 12.6. The van der Waals surface area contributed by atoms with E-state index in [1.165, 1.54) is 17.5 Å². The molecule has 1 fully saturated rings. The van der Waals surface area contributed by atoms with Crippen LogP contribution in [-0.2, 0) is 22.9 Å². The quantitative estimate of drug-likeness (QED) is 0.894. The first kappa shape index (κ1) is 16.0. The van der Waals surface area contributed by atoms with Crippen LogP contribution in [0.1, 0.15) is 43.7 Å². The molecule has 4 nitrogen and oxygen atoms in total. The van der Waals surface area contributed by atoms with Crippen molar-refractivity contribution in [3.05, 3.63) is 29.3 Å². The van der Waals surface area contributed by atoms with Gasteiger partial charge in [0.1, 0.15) is 0 Å². The van der Waals surface area contributed by atoms with Gasteiger partial charge in [0.2, 0.25) is 10.0 Å². The fourth-order valence-electron chi connectivity index (χ4n) is 3.59. The zero-order chi connectivity index (χ0) is 15.6. The highest BCUT2D eigenvalue weighted by molar-refractivity contribution is 7.89. The Morgan fingerprint density at radius 3 is 2.68 bits per heavy atom. The molecule has 2 unspecified atom stereocenters. The number of rotatable bonds is 4. The molecule has 1 aromatic carbocycles. The summed E-state index contributed by atoms with van der Waals surface area (Å²) in [5.41, 5.74) is 2.52. The molecule has 0 spiro atoms. The number of hydrogen-bond acceptors (Lipinski definition) is 3. The zero-order valence-electron chi connectivity index (χ0n) is 13.3. The molecule has 22 heavy (non-hydrogen) atoms. The fourth-order valence-corrected chi connectivity index (χ4v) is 4.95. The van der Waals surface area contributed by atoms with Gasteiger partial charge in [-0.25, -0.2) is 13.1 Å². The second kappa shape index (κ2) is 6.69. The Kier molecular flexibility index (Phi) is 4.85. The average Bonchev–Trinajstić information content (AvgIpc) is 2.55.